The van der Waals surface area contributed by atoms with Crippen LogP contribution in [-0.2, 0) is 0 Å². The van der Waals surface area contributed by atoms with Crippen molar-refractivity contribution in [2.75, 3.05) is 0 Å². The van der Waals surface area contributed by atoms with Gasteiger partial charge in [0, 0.05) is 10.5 Å². The van der Waals surface area contributed by atoms with Crippen LogP contribution in [0.25, 0.3) is 11.5 Å². The minimum atomic E-state index is -0.402. The summed E-state index contributed by atoms with van der Waals surface area (Å²) in [4.78, 5) is 11.9. The predicted molar refractivity (Wildman–Crippen MR) is 85.5 cm³/mol. The lowest BCUT2D eigenvalue weighted by Gasteiger charge is -1.96. The zero-order chi connectivity index (χ0) is 15.4. The van der Waals surface area contributed by atoms with Gasteiger partial charge in [0.05, 0.1) is 12.5 Å². The van der Waals surface area contributed by atoms with Gasteiger partial charge in [0.25, 0.3) is 5.91 Å². The second kappa shape index (κ2) is 6.40. The van der Waals surface area contributed by atoms with E-state index < -0.39 is 5.91 Å². The smallest absolute Gasteiger partial charge is 0.291 e. The van der Waals surface area contributed by atoms with Gasteiger partial charge in [0.1, 0.15) is 5.69 Å². The zero-order valence-electron chi connectivity index (χ0n) is 11.3. The van der Waals surface area contributed by atoms with Gasteiger partial charge in [0.2, 0.25) is 0 Å². The number of rotatable bonds is 4. The molecule has 3 aromatic rings. The van der Waals surface area contributed by atoms with Crippen molar-refractivity contribution in [2.45, 2.75) is 0 Å². The number of nitrogens with zero attached hydrogens (tertiary/aromatic N) is 2. The van der Waals surface area contributed by atoms with E-state index in [1.54, 1.807) is 30.7 Å². The Hall–Kier alpha value is -2.67. The van der Waals surface area contributed by atoms with Gasteiger partial charge in [-0.3, -0.25) is 9.89 Å². The maximum Gasteiger partial charge on any atom is 0.291 e. The molecule has 0 unspecified atom stereocenters. The fourth-order valence-electron chi connectivity index (χ4n) is 1.81. The molecule has 3 rings (SSSR count). The molecule has 7 heteroatoms. The number of hydrazone groups is 1. The molecule has 2 N–H and O–H groups in total. The highest BCUT2D eigenvalue weighted by molar-refractivity contribution is 9.10. The number of H-pyrrole nitrogens is 1. The summed E-state index contributed by atoms with van der Waals surface area (Å²) >= 11 is 3.37. The van der Waals surface area contributed by atoms with E-state index in [4.69, 9.17) is 4.42 Å². The van der Waals surface area contributed by atoms with Gasteiger partial charge in [-0.15, -0.1) is 0 Å². The third kappa shape index (κ3) is 3.32. The molecule has 1 aromatic carbocycles. The number of carbonyl (C=O) groups excluding carboxylic acids is 1. The van der Waals surface area contributed by atoms with Gasteiger partial charge in [-0.2, -0.15) is 10.2 Å². The molecule has 0 atom stereocenters. The Balaban J connectivity index is 1.65. The molecule has 2 aromatic heterocycles. The second-order valence-corrected chi connectivity index (χ2v) is 5.31. The molecule has 0 aliphatic carbocycles. The summed E-state index contributed by atoms with van der Waals surface area (Å²) in [6.45, 7) is 0. The summed E-state index contributed by atoms with van der Waals surface area (Å²) in [7, 11) is 0. The highest BCUT2D eigenvalue weighted by atomic mass is 79.9. The molecule has 0 spiro atoms. The van der Waals surface area contributed by atoms with E-state index in [0.29, 0.717) is 11.5 Å². The zero-order valence-corrected chi connectivity index (χ0v) is 12.9. The molecule has 0 bridgehead atoms. The van der Waals surface area contributed by atoms with Crippen LogP contribution in [0.5, 0.6) is 0 Å². The first-order chi connectivity index (χ1) is 10.7. The van der Waals surface area contributed by atoms with Gasteiger partial charge in [0.15, 0.2) is 11.5 Å². The first-order valence-corrected chi connectivity index (χ1v) is 7.20. The molecule has 0 saturated carbocycles. The highest BCUT2D eigenvalue weighted by Crippen LogP contribution is 2.17. The standard InChI is InChI=1S/C15H11BrN4O2/c16-11-4-1-3-10(7-11)9-17-20-15(21)13-8-12(18-19-13)14-5-2-6-22-14/h1-9H,(H,18,19)(H,20,21)/b17-9+. The molecular formula is C15H11BrN4O2. The number of hydrogen-bond acceptors (Lipinski definition) is 4. The van der Waals surface area contributed by atoms with Crippen LogP contribution in [-0.4, -0.2) is 22.3 Å². The Bertz CT molecular complexity index is 809. The van der Waals surface area contributed by atoms with E-state index in [9.17, 15) is 4.79 Å². The quantitative estimate of drug-likeness (QED) is 0.554. The van der Waals surface area contributed by atoms with Crippen LogP contribution < -0.4 is 5.43 Å². The lowest BCUT2D eigenvalue weighted by Crippen LogP contribution is -2.17. The van der Waals surface area contributed by atoms with Crippen molar-refractivity contribution in [1.82, 2.24) is 15.6 Å². The number of aromatic amines is 1. The average molecular weight is 359 g/mol. The van der Waals surface area contributed by atoms with Crippen LogP contribution in [0.4, 0.5) is 0 Å². The number of aromatic nitrogens is 2. The van der Waals surface area contributed by atoms with Gasteiger partial charge < -0.3 is 4.42 Å². The van der Waals surface area contributed by atoms with Crippen molar-refractivity contribution >= 4 is 28.1 Å². The number of nitrogens with one attached hydrogen (secondary N) is 2. The van der Waals surface area contributed by atoms with Crippen molar-refractivity contribution in [1.29, 1.82) is 0 Å². The van der Waals surface area contributed by atoms with Crippen LogP contribution >= 0.6 is 15.9 Å². The second-order valence-electron chi connectivity index (χ2n) is 4.40. The van der Waals surface area contributed by atoms with Gasteiger partial charge in [-0.1, -0.05) is 28.1 Å². The molecule has 1 amide bonds. The van der Waals surface area contributed by atoms with E-state index in [1.165, 1.54) is 0 Å². The Morgan fingerprint density at radius 2 is 2.23 bits per heavy atom. The van der Waals surface area contributed by atoms with Crippen LogP contribution in [0, 0.1) is 0 Å². The first kappa shape index (κ1) is 14.3. The summed E-state index contributed by atoms with van der Waals surface area (Å²) < 4.78 is 6.17. The van der Waals surface area contributed by atoms with Crippen LogP contribution in [0.3, 0.4) is 0 Å². The van der Waals surface area contributed by atoms with Gasteiger partial charge >= 0.3 is 0 Å². The summed E-state index contributed by atoms with van der Waals surface area (Å²) in [5, 5.41) is 10.6. The van der Waals surface area contributed by atoms with Crippen molar-refractivity contribution in [2.24, 2.45) is 5.10 Å². The minimum Gasteiger partial charge on any atom is -0.463 e. The molecule has 0 fully saturated rings. The first-order valence-electron chi connectivity index (χ1n) is 6.40. The molecule has 2 heterocycles. The number of benzene rings is 1. The predicted octanol–water partition coefficient (Wildman–Crippen LogP) is 3.20. The van der Waals surface area contributed by atoms with E-state index in [2.05, 4.69) is 36.7 Å². The summed E-state index contributed by atoms with van der Waals surface area (Å²) in [5.41, 5.74) is 4.16. The van der Waals surface area contributed by atoms with E-state index in [-0.39, 0.29) is 5.69 Å². The molecular weight excluding hydrogens is 348 g/mol. The maximum atomic E-state index is 11.9. The van der Waals surface area contributed by atoms with Crippen LogP contribution in [0.15, 0.2) is 62.7 Å². The maximum absolute atomic E-state index is 11.9. The third-order valence-corrected chi connectivity index (χ3v) is 3.32. The number of furan rings is 1. The highest BCUT2D eigenvalue weighted by Gasteiger charge is 2.11. The Kier molecular flexibility index (Phi) is 4.15. The molecule has 0 aliphatic rings. The molecule has 0 saturated heterocycles. The van der Waals surface area contributed by atoms with E-state index in [1.807, 2.05) is 24.3 Å². The molecule has 0 aliphatic heterocycles. The largest absolute Gasteiger partial charge is 0.463 e. The van der Waals surface area contributed by atoms with E-state index in [0.717, 1.165) is 10.0 Å². The van der Waals surface area contributed by atoms with Crippen molar-refractivity contribution in [3.8, 4) is 11.5 Å². The number of halogens is 1. The fraction of sp³-hybridized carbons (Fsp3) is 0. The van der Waals surface area contributed by atoms with Crippen molar-refractivity contribution in [3.63, 3.8) is 0 Å². The fourth-order valence-corrected chi connectivity index (χ4v) is 2.22. The lowest BCUT2D eigenvalue weighted by atomic mass is 10.2. The van der Waals surface area contributed by atoms with Crippen molar-refractivity contribution < 1.29 is 9.21 Å². The van der Waals surface area contributed by atoms with Gasteiger partial charge in [-0.05, 0) is 29.8 Å². The molecule has 6 nitrogen and oxygen atoms in total. The Morgan fingerprint density at radius 3 is 3.00 bits per heavy atom. The minimum absolute atomic E-state index is 0.234. The summed E-state index contributed by atoms with van der Waals surface area (Å²) in [6, 6.07) is 12.7. The average Bonchev–Trinajstić information content (AvgIpc) is 3.18. The monoisotopic (exact) mass is 358 g/mol. The normalized spacial score (nSPS) is 11.0. The topological polar surface area (TPSA) is 83.3 Å². The van der Waals surface area contributed by atoms with E-state index >= 15 is 0 Å². The van der Waals surface area contributed by atoms with Gasteiger partial charge in [-0.25, -0.2) is 5.43 Å². The Labute approximate surface area is 134 Å². The third-order valence-electron chi connectivity index (χ3n) is 2.83. The molecule has 110 valence electrons. The van der Waals surface area contributed by atoms with Crippen LogP contribution in [0.1, 0.15) is 16.1 Å². The Morgan fingerprint density at radius 1 is 1.32 bits per heavy atom. The molecule has 22 heavy (non-hydrogen) atoms. The SMILES string of the molecule is O=C(N/N=C/c1cccc(Br)c1)c1cc(-c2ccco2)[nH]n1. The van der Waals surface area contributed by atoms with Crippen LogP contribution in [0.2, 0.25) is 0 Å². The lowest BCUT2D eigenvalue weighted by molar-refractivity contribution is 0.0950. The number of hydrogen-bond donors (Lipinski definition) is 2. The molecule has 0 radical (unpaired) electrons. The number of carbonyl (C=O) groups is 1. The summed E-state index contributed by atoms with van der Waals surface area (Å²) in [5.74, 6) is 0.212. The van der Waals surface area contributed by atoms with Crippen molar-refractivity contribution in [3.05, 3.63) is 64.5 Å². The summed E-state index contributed by atoms with van der Waals surface area (Å²) in [6.07, 6.45) is 3.11. The number of amides is 1.